The van der Waals surface area contributed by atoms with Crippen molar-refractivity contribution >= 4 is 17.6 Å². The molecule has 7 heteroatoms. The number of anilines is 1. The minimum atomic E-state index is -0.286. The maximum atomic E-state index is 12.7. The molecule has 2 amide bonds. The molecule has 1 aromatic heterocycles. The van der Waals surface area contributed by atoms with Crippen LogP contribution < -0.4 is 10.6 Å². The van der Waals surface area contributed by atoms with Crippen molar-refractivity contribution in [2.75, 3.05) is 5.32 Å². The average molecular weight is 418 g/mol. The number of benzene rings is 2. The zero-order valence-electron chi connectivity index (χ0n) is 17.8. The molecule has 0 spiro atoms. The van der Waals surface area contributed by atoms with E-state index >= 15 is 0 Å². The summed E-state index contributed by atoms with van der Waals surface area (Å²) in [5.41, 5.74) is 3.79. The minimum absolute atomic E-state index is 0.0133. The number of amides is 2. The quantitative estimate of drug-likeness (QED) is 0.525. The molecule has 1 heterocycles. The lowest BCUT2D eigenvalue weighted by Crippen LogP contribution is -2.35. The Morgan fingerprint density at radius 1 is 1.13 bits per heavy atom. The van der Waals surface area contributed by atoms with E-state index in [1.165, 1.54) is 10.7 Å². The lowest BCUT2D eigenvalue weighted by atomic mass is 10.1. The van der Waals surface area contributed by atoms with Crippen LogP contribution in [0, 0.1) is 6.92 Å². The minimum Gasteiger partial charge on any atom is -0.507 e. The van der Waals surface area contributed by atoms with Crippen LogP contribution in [0.25, 0.3) is 11.3 Å². The van der Waals surface area contributed by atoms with E-state index in [2.05, 4.69) is 15.7 Å². The van der Waals surface area contributed by atoms with Crippen LogP contribution in [0.3, 0.4) is 0 Å². The lowest BCUT2D eigenvalue weighted by molar-refractivity contribution is 0.102. The Balaban J connectivity index is 1.65. The Morgan fingerprint density at radius 3 is 2.55 bits per heavy atom. The van der Waals surface area contributed by atoms with Gasteiger partial charge in [-0.2, -0.15) is 9.78 Å². The van der Waals surface area contributed by atoms with Gasteiger partial charge in [0.25, 0.3) is 5.91 Å². The molecular weight excluding hydrogens is 392 g/mol. The number of nitrogens with one attached hydrogen (secondary N) is 2. The van der Waals surface area contributed by atoms with E-state index in [1.54, 1.807) is 18.2 Å². The van der Waals surface area contributed by atoms with Gasteiger partial charge in [0.05, 0.1) is 11.4 Å². The van der Waals surface area contributed by atoms with Crippen LogP contribution in [0.1, 0.15) is 54.2 Å². The van der Waals surface area contributed by atoms with Crippen LogP contribution in [0.15, 0.2) is 48.5 Å². The summed E-state index contributed by atoms with van der Waals surface area (Å²) in [4.78, 5) is 25.3. The fourth-order valence-electron chi connectivity index (χ4n) is 3.51. The van der Waals surface area contributed by atoms with Gasteiger partial charge in [0.15, 0.2) is 0 Å². The molecule has 4 rings (SSSR count). The summed E-state index contributed by atoms with van der Waals surface area (Å²) in [6.07, 6.45) is 2.02. The Bertz CT molecular complexity index is 1150. The van der Waals surface area contributed by atoms with Crippen molar-refractivity contribution in [2.45, 2.75) is 45.6 Å². The fourth-order valence-corrected chi connectivity index (χ4v) is 3.51. The maximum absolute atomic E-state index is 12.7. The normalized spacial score (nSPS) is 13.3. The smallest absolute Gasteiger partial charge is 0.342 e. The molecule has 160 valence electrons. The summed E-state index contributed by atoms with van der Waals surface area (Å²) >= 11 is 0. The molecule has 0 unspecified atom stereocenters. The van der Waals surface area contributed by atoms with Crippen LogP contribution in [-0.4, -0.2) is 32.9 Å². The van der Waals surface area contributed by atoms with Gasteiger partial charge in [0.2, 0.25) is 0 Å². The molecule has 1 aliphatic rings. The van der Waals surface area contributed by atoms with Crippen LogP contribution in [0.5, 0.6) is 5.75 Å². The number of rotatable bonds is 5. The molecule has 0 aliphatic heterocycles. The van der Waals surface area contributed by atoms with Gasteiger partial charge in [-0.05, 0) is 69.5 Å². The number of aryl methyl sites for hydroxylation is 1. The molecule has 3 aromatic rings. The predicted octanol–water partition coefficient (Wildman–Crippen LogP) is 4.66. The van der Waals surface area contributed by atoms with Crippen molar-refractivity contribution in [2.24, 2.45) is 0 Å². The molecule has 1 saturated carbocycles. The van der Waals surface area contributed by atoms with Crippen molar-refractivity contribution in [1.29, 1.82) is 0 Å². The van der Waals surface area contributed by atoms with Crippen molar-refractivity contribution in [3.63, 3.8) is 0 Å². The molecule has 0 radical (unpaired) electrons. The highest BCUT2D eigenvalue weighted by Crippen LogP contribution is 2.42. The van der Waals surface area contributed by atoms with E-state index in [0.717, 1.165) is 24.1 Å². The number of carbonyl (C=O) groups excluding carboxylic acids is 2. The lowest BCUT2D eigenvalue weighted by Gasteiger charge is -2.10. The number of aromatic hydroxyl groups is 1. The summed E-state index contributed by atoms with van der Waals surface area (Å²) in [6.45, 7) is 5.67. The number of carbonyl (C=O) groups is 2. The molecular formula is C24H26N4O3. The van der Waals surface area contributed by atoms with E-state index in [-0.39, 0.29) is 23.7 Å². The molecule has 0 atom stereocenters. The molecule has 1 aliphatic carbocycles. The largest absolute Gasteiger partial charge is 0.507 e. The van der Waals surface area contributed by atoms with E-state index in [9.17, 15) is 14.7 Å². The van der Waals surface area contributed by atoms with E-state index in [0.29, 0.717) is 28.4 Å². The third kappa shape index (κ3) is 4.45. The molecule has 31 heavy (non-hydrogen) atoms. The van der Waals surface area contributed by atoms with Gasteiger partial charge in [-0.3, -0.25) is 4.79 Å². The first-order valence-corrected chi connectivity index (χ1v) is 10.4. The van der Waals surface area contributed by atoms with Crippen molar-refractivity contribution < 1.29 is 14.7 Å². The van der Waals surface area contributed by atoms with Gasteiger partial charge in [-0.1, -0.05) is 18.2 Å². The number of hydrogen-bond acceptors (Lipinski definition) is 4. The van der Waals surface area contributed by atoms with Gasteiger partial charge in [-0.15, -0.1) is 0 Å². The third-order valence-corrected chi connectivity index (χ3v) is 5.26. The highest BCUT2D eigenvalue weighted by molar-refractivity contribution is 6.05. The Labute approximate surface area is 181 Å². The van der Waals surface area contributed by atoms with Crippen molar-refractivity contribution in [1.82, 2.24) is 15.1 Å². The number of phenols is 1. The first-order chi connectivity index (χ1) is 14.8. The number of hydrogen-bond donors (Lipinski definition) is 3. The molecule has 0 saturated heterocycles. The fraction of sp³-hybridized carbons (Fsp3) is 0.292. The van der Waals surface area contributed by atoms with Crippen molar-refractivity contribution in [3.8, 4) is 17.0 Å². The Kier molecular flexibility index (Phi) is 5.50. The number of phenolic OH excluding ortho intramolecular Hbond substituents is 1. The third-order valence-electron chi connectivity index (χ3n) is 5.26. The van der Waals surface area contributed by atoms with E-state index < -0.39 is 0 Å². The summed E-state index contributed by atoms with van der Waals surface area (Å²) in [5, 5.41) is 20.7. The summed E-state index contributed by atoms with van der Waals surface area (Å²) in [6, 6.07) is 13.7. The molecule has 2 aromatic carbocycles. The molecule has 3 N–H and O–H groups in total. The van der Waals surface area contributed by atoms with E-state index in [4.69, 9.17) is 0 Å². The monoisotopic (exact) mass is 418 g/mol. The van der Waals surface area contributed by atoms with Gasteiger partial charge in [-0.25, -0.2) is 4.79 Å². The highest BCUT2D eigenvalue weighted by atomic mass is 16.3. The van der Waals surface area contributed by atoms with Crippen LogP contribution in [-0.2, 0) is 0 Å². The van der Waals surface area contributed by atoms with Crippen LogP contribution in [0.4, 0.5) is 10.5 Å². The van der Waals surface area contributed by atoms with Crippen LogP contribution in [0.2, 0.25) is 0 Å². The van der Waals surface area contributed by atoms with E-state index in [1.807, 2.05) is 45.0 Å². The van der Waals surface area contributed by atoms with Gasteiger partial charge < -0.3 is 15.7 Å². The molecule has 0 bridgehead atoms. The second kappa shape index (κ2) is 8.26. The first-order valence-electron chi connectivity index (χ1n) is 10.4. The first kappa shape index (κ1) is 20.7. The summed E-state index contributed by atoms with van der Waals surface area (Å²) in [7, 11) is 0. The van der Waals surface area contributed by atoms with Crippen LogP contribution >= 0.6 is 0 Å². The predicted molar refractivity (Wildman–Crippen MR) is 120 cm³/mol. The van der Waals surface area contributed by atoms with Crippen molar-refractivity contribution in [3.05, 3.63) is 65.4 Å². The SMILES string of the molecule is Cc1ccccc1C(=O)Nc1ccc(O)c(-c2cc(C3CC3)n(C(=O)NC(C)C)n2)c1. The Morgan fingerprint density at radius 2 is 1.87 bits per heavy atom. The zero-order chi connectivity index (χ0) is 22.1. The average Bonchev–Trinajstić information content (AvgIpc) is 3.47. The number of aromatic nitrogens is 2. The molecule has 7 nitrogen and oxygen atoms in total. The molecule has 1 fully saturated rings. The Hall–Kier alpha value is -3.61. The van der Waals surface area contributed by atoms with Gasteiger partial charge in [0, 0.05) is 28.8 Å². The maximum Gasteiger partial charge on any atom is 0.342 e. The summed E-state index contributed by atoms with van der Waals surface area (Å²) in [5.74, 6) is 0.102. The van der Waals surface area contributed by atoms with Gasteiger partial charge >= 0.3 is 6.03 Å². The highest BCUT2D eigenvalue weighted by Gasteiger charge is 2.31. The second-order valence-corrected chi connectivity index (χ2v) is 8.25. The second-order valence-electron chi connectivity index (χ2n) is 8.25. The van der Waals surface area contributed by atoms with Gasteiger partial charge in [0.1, 0.15) is 5.75 Å². The standard InChI is InChI=1S/C24H26N4O3/c1-14(2)25-24(31)28-21(16-8-9-16)13-20(27-28)19-12-17(10-11-22(19)29)26-23(30)18-7-5-4-6-15(18)3/h4-7,10-14,16,29H,8-9H2,1-3H3,(H,25,31)(H,26,30). The summed E-state index contributed by atoms with van der Waals surface area (Å²) < 4.78 is 1.39. The number of nitrogens with zero attached hydrogens (tertiary/aromatic N) is 2. The zero-order valence-corrected chi connectivity index (χ0v) is 17.8. The topological polar surface area (TPSA) is 96.2 Å².